The molecule has 0 fully saturated rings. The van der Waals surface area contributed by atoms with Gasteiger partial charge in [-0.15, -0.1) is 0 Å². The molecule has 0 radical (unpaired) electrons. The average molecular weight is 315 g/mol. The van der Waals surface area contributed by atoms with E-state index in [0.717, 1.165) is 17.9 Å². The van der Waals surface area contributed by atoms with Gasteiger partial charge in [0.05, 0.1) is 6.61 Å². The molecule has 1 amide bonds. The van der Waals surface area contributed by atoms with Crippen LogP contribution in [-0.4, -0.2) is 36.0 Å². The summed E-state index contributed by atoms with van der Waals surface area (Å²) in [4.78, 5) is 13.5. The highest BCUT2D eigenvalue weighted by Gasteiger charge is 2.04. The third kappa shape index (κ3) is 4.66. The monoisotopic (exact) mass is 314 g/mol. The Morgan fingerprint density at radius 2 is 2.06 bits per heavy atom. The van der Waals surface area contributed by atoms with E-state index in [1.165, 1.54) is 0 Å². The maximum Gasteiger partial charge on any atom is 0.225 e. The number of alkyl halides is 1. The van der Waals surface area contributed by atoms with Crippen LogP contribution in [0.25, 0.3) is 0 Å². The standard InChI is InChI=1S/C13H19BrN2O2/c1-2-16(9-10-17)12-5-3-11(4-6-12)15-13(18)7-8-14/h3-6,17H,2,7-10H2,1H3,(H,15,18). The van der Waals surface area contributed by atoms with E-state index in [0.29, 0.717) is 18.3 Å². The molecule has 0 atom stereocenters. The van der Waals surface area contributed by atoms with E-state index in [-0.39, 0.29) is 12.5 Å². The van der Waals surface area contributed by atoms with Gasteiger partial charge in [0, 0.05) is 36.2 Å². The van der Waals surface area contributed by atoms with E-state index in [1.807, 2.05) is 31.2 Å². The summed E-state index contributed by atoms with van der Waals surface area (Å²) in [6.07, 6.45) is 0.466. The Kier molecular flexibility index (Phi) is 6.75. The molecule has 0 bridgehead atoms. The molecule has 1 rings (SSSR count). The zero-order valence-electron chi connectivity index (χ0n) is 10.5. The molecule has 0 aliphatic heterocycles. The molecule has 0 unspecified atom stereocenters. The summed E-state index contributed by atoms with van der Waals surface area (Å²) in [7, 11) is 0. The van der Waals surface area contributed by atoms with Gasteiger partial charge in [0.25, 0.3) is 0 Å². The van der Waals surface area contributed by atoms with E-state index in [4.69, 9.17) is 5.11 Å². The number of carbonyl (C=O) groups is 1. The number of rotatable bonds is 7. The number of aliphatic hydroxyl groups excluding tert-OH is 1. The number of hydrogen-bond donors (Lipinski definition) is 2. The van der Waals surface area contributed by atoms with Crippen molar-refractivity contribution in [2.75, 3.05) is 35.2 Å². The molecular formula is C13H19BrN2O2. The summed E-state index contributed by atoms with van der Waals surface area (Å²) in [5.74, 6) is 0.00216. The number of likely N-dealkylation sites (N-methyl/N-ethyl adjacent to an activating group) is 1. The quantitative estimate of drug-likeness (QED) is 0.759. The van der Waals surface area contributed by atoms with Gasteiger partial charge < -0.3 is 15.3 Å². The summed E-state index contributed by atoms with van der Waals surface area (Å²) in [6, 6.07) is 7.65. The lowest BCUT2D eigenvalue weighted by Crippen LogP contribution is -2.26. The van der Waals surface area contributed by atoms with Crippen LogP contribution in [0.3, 0.4) is 0 Å². The van der Waals surface area contributed by atoms with Crippen LogP contribution in [0.2, 0.25) is 0 Å². The summed E-state index contributed by atoms with van der Waals surface area (Å²) < 4.78 is 0. The average Bonchev–Trinajstić information content (AvgIpc) is 2.37. The Morgan fingerprint density at radius 3 is 2.56 bits per heavy atom. The Bertz CT molecular complexity index is 368. The second-order valence-corrected chi connectivity index (χ2v) is 4.63. The van der Waals surface area contributed by atoms with Gasteiger partial charge in [0.15, 0.2) is 0 Å². The van der Waals surface area contributed by atoms with E-state index in [9.17, 15) is 4.79 Å². The number of carbonyl (C=O) groups excluding carboxylic acids is 1. The minimum Gasteiger partial charge on any atom is -0.395 e. The van der Waals surface area contributed by atoms with Gasteiger partial charge in [-0.05, 0) is 31.2 Å². The Morgan fingerprint density at radius 1 is 1.39 bits per heavy atom. The number of hydrogen-bond acceptors (Lipinski definition) is 3. The van der Waals surface area contributed by atoms with Gasteiger partial charge in [-0.3, -0.25) is 4.79 Å². The molecule has 2 N–H and O–H groups in total. The van der Waals surface area contributed by atoms with Crippen LogP contribution in [0.5, 0.6) is 0 Å². The fraction of sp³-hybridized carbons (Fsp3) is 0.462. The van der Waals surface area contributed by atoms with Gasteiger partial charge in [0.1, 0.15) is 0 Å². The smallest absolute Gasteiger partial charge is 0.225 e. The SMILES string of the molecule is CCN(CCO)c1ccc(NC(=O)CCBr)cc1. The van der Waals surface area contributed by atoms with E-state index in [2.05, 4.69) is 26.1 Å². The molecule has 0 spiro atoms. The van der Waals surface area contributed by atoms with Crippen LogP contribution >= 0.6 is 15.9 Å². The van der Waals surface area contributed by atoms with Gasteiger partial charge in [-0.2, -0.15) is 0 Å². The van der Waals surface area contributed by atoms with Gasteiger partial charge in [-0.1, -0.05) is 15.9 Å². The van der Waals surface area contributed by atoms with Crippen molar-refractivity contribution in [3.05, 3.63) is 24.3 Å². The number of aliphatic hydroxyl groups is 1. The van der Waals surface area contributed by atoms with Crippen LogP contribution < -0.4 is 10.2 Å². The molecule has 0 saturated carbocycles. The summed E-state index contributed by atoms with van der Waals surface area (Å²) in [5.41, 5.74) is 1.84. The second kappa shape index (κ2) is 8.11. The largest absolute Gasteiger partial charge is 0.395 e. The van der Waals surface area contributed by atoms with Crippen LogP contribution in [-0.2, 0) is 4.79 Å². The van der Waals surface area contributed by atoms with Crippen molar-refractivity contribution in [2.24, 2.45) is 0 Å². The van der Waals surface area contributed by atoms with Crippen LogP contribution in [0.1, 0.15) is 13.3 Å². The molecule has 0 saturated heterocycles. The van der Waals surface area contributed by atoms with Crippen LogP contribution in [0.15, 0.2) is 24.3 Å². The lowest BCUT2D eigenvalue weighted by Gasteiger charge is -2.22. The van der Waals surface area contributed by atoms with Gasteiger partial charge in [0.2, 0.25) is 5.91 Å². The third-order valence-electron chi connectivity index (χ3n) is 2.59. The van der Waals surface area contributed by atoms with Crippen molar-refractivity contribution >= 4 is 33.2 Å². The molecule has 0 heterocycles. The Labute approximate surface area is 116 Å². The summed E-state index contributed by atoms with van der Waals surface area (Å²) in [5, 5.41) is 12.4. The fourth-order valence-electron chi connectivity index (χ4n) is 1.66. The topological polar surface area (TPSA) is 52.6 Å². The first-order valence-corrected chi connectivity index (χ1v) is 7.15. The second-order valence-electron chi connectivity index (χ2n) is 3.84. The van der Waals surface area contributed by atoms with Crippen LogP contribution in [0, 0.1) is 0 Å². The zero-order valence-corrected chi connectivity index (χ0v) is 12.1. The Balaban J connectivity index is 2.64. The van der Waals surface area contributed by atoms with Gasteiger partial charge >= 0.3 is 0 Å². The summed E-state index contributed by atoms with van der Waals surface area (Å²) >= 11 is 3.23. The highest BCUT2D eigenvalue weighted by atomic mass is 79.9. The van der Waals surface area contributed by atoms with E-state index in [1.54, 1.807) is 0 Å². The molecule has 0 aliphatic carbocycles. The Hall–Kier alpha value is -1.07. The number of amides is 1. The van der Waals surface area contributed by atoms with E-state index < -0.39 is 0 Å². The molecule has 0 aromatic heterocycles. The lowest BCUT2D eigenvalue weighted by molar-refractivity contribution is -0.115. The zero-order chi connectivity index (χ0) is 13.4. The number of anilines is 2. The first-order chi connectivity index (χ1) is 8.71. The molecule has 5 heteroatoms. The molecule has 0 aliphatic rings. The van der Waals surface area contributed by atoms with Crippen molar-refractivity contribution in [1.82, 2.24) is 0 Å². The van der Waals surface area contributed by atoms with Crippen molar-refractivity contribution in [2.45, 2.75) is 13.3 Å². The predicted molar refractivity (Wildman–Crippen MR) is 78.5 cm³/mol. The first kappa shape index (κ1) is 15.0. The number of nitrogens with one attached hydrogen (secondary N) is 1. The molecule has 1 aromatic carbocycles. The maximum absolute atomic E-state index is 11.4. The maximum atomic E-state index is 11.4. The number of benzene rings is 1. The fourth-order valence-corrected chi connectivity index (χ4v) is 2.02. The predicted octanol–water partition coefficient (Wildman–Crippen LogP) is 2.23. The van der Waals surface area contributed by atoms with Crippen LogP contribution in [0.4, 0.5) is 11.4 Å². The minimum atomic E-state index is 0.00216. The van der Waals surface area contributed by atoms with Crippen molar-refractivity contribution < 1.29 is 9.90 Å². The number of nitrogens with zero attached hydrogens (tertiary/aromatic N) is 1. The highest BCUT2D eigenvalue weighted by molar-refractivity contribution is 9.09. The molecule has 1 aromatic rings. The molecule has 4 nitrogen and oxygen atoms in total. The first-order valence-electron chi connectivity index (χ1n) is 6.03. The van der Waals surface area contributed by atoms with Crippen molar-refractivity contribution in [1.29, 1.82) is 0 Å². The lowest BCUT2D eigenvalue weighted by atomic mass is 10.2. The molecular weight excluding hydrogens is 296 g/mol. The highest BCUT2D eigenvalue weighted by Crippen LogP contribution is 2.17. The summed E-state index contributed by atoms with van der Waals surface area (Å²) in [6.45, 7) is 3.64. The molecule has 100 valence electrons. The van der Waals surface area contributed by atoms with Crippen molar-refractivity contribution in [3.8, 4) is 0 Å². The number of halogens is 1. The normalized spacial score (nSPS) is 10.2. The van der Waals surface area contributed by atoms with Crippen molar-refractivity contribution in [3.63, 3.8) is 0 Å². The third-order valence-corrected chi connectivity index (χ3v) is 2.99. The minimum absolute atomic E-state index is 0.00216. The van der Waals surface area contributed by atoms with E-state index >= 15 is 0 Å². The van der Waals surface area contributed by atoms with Gasteiger partial charge in [-0.25, -0.2) is 0 Å². The molecule has 18 heavy (non-hydrogen) atoms.